The van der Waals surface area contributed by atoms with Crippen molar-refractivity contribution < 1.29 is 27.8 Å². The van der Waals surface area contributed by atoms with E-state index in [1.807, 2.05) is 44.2 Å². The van der Waals surface area contributed by atoms with E-state index in [2.05, 4.69) is 5.32 Å². The Kier molecular flexibility index (Phi) is 9.50. The lowest BCUT2D eigenvalue weighted by molar-refractivity contribution is 0.0644. The summed E-state index contributed by atoms with van der Waals surface area (Å²) in [6, 6.07) is 14.6. The number of nitrogens with one attached hydrogen (secondary N) is 1. The molecule has 4 N–H and O–H groups in total. The third-order valence-electron chi connectivity index (χ3n) is 5.71. The smallest absolute Gasteiger partial charge is 0.407 e. The van der Waals surface area contributed by atoms with Gasteiger partial charge in [-0.25, -0.2) is 13.2 Å². The highest BCUT2D eigenvalue weighted by Crippen LogP contribution is 2.20. The van der Waals surface area contributed by atoms with Gasteiger partial charge in [0, 0.05) is 25.2 Å². The highest BCUT2D eigenvalue weighted by Gasteiger charge is 2.32. The minimum absolute atomic E-state index is 0.0126. The Morgan fingerprint density at radius 1 is 1.17 bits per heavy atom. The van der Waals surface area contributed by atoms with Crippen molar-refractivity contribution in [3.63, 3.8) is 0 Å². The largest absolute Gasteiger partial charge is 0.444 e. The van der Waals surface area contributed by atoms with Gasteiger partial charge < -0.3 is 25.6 Å². The molecule has 0 aromatic heterocycles. The number of hydrogen-bond donors (Lipinski definition) is 3. The molecule has 1 unspecified atom stereocenters. The topological polar surface area (TPSA) is 131 Å². The van der Waals surface area contributed by atoms with Gasteiger partial charge in [-0.05, 0) is 42.2 Å². The predicted molar refractivity (Wildman–Crippen MR) is 133 cm³/mol. The summed E-state index contributed by atoms with van der Waals surface area (Å²) in [6.07, 6.45) is -1.29. The van der Waals surface area contributed by atoms with Gasteiger partial charge >= 0.3 is 6.09 Å². The average molecular weight is 506 g/mol. The van der Waals surface area contributed by atoms with E-state index < -0.39 is 28.3 Å². The van der Waals surface area contributed by atoms with Gasteiger partial charge in [0.15, 0.2) is 0 Å². The number of rotatable bonds is 11. The highest BCUT2D eigenvalue weighted by molar-refractivity contribution is 7.89. The molecule has 0 radical (unpaired) electrons. The van der Waals surface area contributed by atoms with Crippen LogP contribution in [0.15, 0.2) is 59.5 Å². The normalized spacial score (nSPS) is 17.9. The molecule has 0 spiro atoms. The molecule has 0 aliphatic carbocycles. The monoisotopic (exact) mass is 505 g/mol. The van der Waals surface area contributed by atoms with Crippen LogP contribution < -0.4 is 11.1 Å². The molecule has 2 aromatic rings. The quantitative estimate of drug-likeness (QED) is 0.400. The van der Waals surface area contributed by atoms with Crippen molar-refractivity contribution in [1.29, 1.82) is 0 Å². The van der Waals surface area contributed by atoms with Gasteiger partial charge in [0.1, 0.15) is 6.10 Å². The van der Waals surface area contributed by atoms with Crippen molar-refractivity contribution >= 4 is 21.8 Å². The number of alkyl carbamates (subject to hydrolysis) is 1. The summed E-state index contributed by atoms with van der Waals surface area (Å²) in [5.74, 6) is 0.0126. The van der Waals surface area contributed by atoms with E-state index in [9.17, 15) is 18.3 Å². The van der Waals surface area contributed by atoms with Gasteiger partial charge in [-0.1, -0.05) is 44.2 Å². The zero-order chi connectivity index (χ0) is 25.4. The summed E-state index contributed by atoms with van der Waals surface area (Å²) < 4.78 is 38.7. The number of benzene rings is 2. The Balaban J connectivity index is 1.80. The Morgan fingerprint density at radius 3 is 2.46 bits per heavy atom. The molecule has 1 fully saturated rings. The number of aliphatic hydroxyl groups excluding tert-OH is 1. The molecule has 192 valence electrons. The third kappa shape index (κ3) is 7.93. The Hall–Kier alpha value is -2.66. The second kappa shape index (κ2) is 12.3. The lowest BCUT2D eigenvalue weighted by atomic mass is 10.0. The first-order chi connectivity index (χ1) is 16.6. The lowest BCUT2D eigenvalue weighted by Crippen LogP contribution is -2.51. The fourth-order valence-corrected chi connectivity index (χ4v) is 5.52. The number of carbonyl (C=O) groups excluding carboxylic acids is 1. The van der Waals surface area contributed by atoms with E-state index in [1.54, 1.807) is 0 Å². The van der Waals surface area contributed by atoms with Crippen molar-refractivity contribution in [3.05, 3.63) is 60.2 Å². The number of carbonyl (C=O) groups is 1. The van der Waals surface area contributed by atoms with Crippen LogP contribution in [0.1, 0.15) is 25.8 Å². The molecule has 9 nitrogen and oxygen atoms in total. The Labute approximate surface area is 207 Å². The van der Waals surface area contributed by atoms with E-state index in [1.165, 1.54) is 28.6 Å². The van der Waals surface area contributed by atoms with Gasteiger partial charge in [-0.3, -0.25) is 0 Å². The summed E-state index contributed by atoms with van der Waals surface area (Å²) in [5, 5.41) is 13.9. The van der Waals surface area contributed by atoms with Crippen LogP contribution in [0.2, 0.25) is 0 Å². The maximum absolute atomic E-state index is 13.4. The predicted octanol–water partition coefficient (Wildman–Crippen LogP) is 2.40. The molecular formula is C25H35N3O6S. The van der Waals surface area contributed by atoms with Crippen LogP contribution >= 0.6 is 0 Å². The summed E-state index contributed by atoms with van der Waals surface area (Å²) >= 11 is 0. The number of ether oxygens (including phenoxy) is 2. The second-order valence-electron chi connectivity index (χ2n) is 9.18. The molecule has 1 heterocycles. The van der Waals surface area contributed by atoms with Crippen molar-refractivity contribution in [2.75, 3.05) is 32.0 Å². The Bertz CT molecular complexity index is 1040. The molecule has 35 heavy (non-hydrogen) atoms. The number of nitrogen functional groups attached to an aromatic ring is 1. The van der Waals surface area contributed by atoms with Crippen LogP contribution in [-0.2, 0) is 25.9 Å². The van der Waals surface area contributed by atoms with Crippen LogP contribution in [0.4, 0.5) is 10.5 Å². The number of nitrogens with two attached hydrogens (primary N) is 1. The fraction of sp³-hybridized carbons (Fsp3) is 0.480. The highest BCUT2D eigenvalue weighted by atomic mass is 32.2. The van der Waals surface area contributed by atoms with Crippen LogP contribution in [0.5, 0.6) is 0 Å². The zero-order valence-corrected chi connectivity index (χ0v) is 21.0. The van der Waals surface area contributed by atoms with Crippen LogP contribution in [0.25, 0.3) is 0 Å². The average Bonchev–Trinajstić information content (AvgIpc) is 3.31. The van der Waals surface area contributed by atoms with Crippen molar-refractivity contribution in [3.8, 4) is 0 Å². The third-order valence-corrected chi connectivity index (χ3v) is 7.55. The van der Waals surface area contributed by atoms with Gasteiger partial charge in [-0.2, -0.15) is 4.31 Å². The standard InChI is InChI=1S/C25H35N3O6S/c1-18(2)15-28(35(31,32)22-10-8-20(26)9-11-22)16-24(29)23(14-19-6-4-3-5-7-19)27-25(30)34-21-12-13-33-17-21/h3-11,18,21,23-24,29H,12-17,26H2,1-2H3,(H,27,30)/t21-,23-,24?/m0/s1. The minimum atomic E-state index is -3.90. The maximum atomic E-state index is 13.4. The number of amides is 1. The number of aliphatic hydroxyl groups is 1. The molecule has 10 heteroatoms. The van der Waals surface area contributed by atoms with E-state index in [0.29, 0.717) is 31.7 Å². The molecule has 0 saturated carbocycles. The summed E-state index contributed by atoms with van der Waals surface area (Å²) in [4.78, 5) is 12.7. The lowest BCUT2D eigenvalue weighted by Gasteiger charge is -2.30. The molecule has 3 atom stereocenters. The Morgan fingerprint density at radius 2 is 1.86 bits per heavy atom. The molecular weight excluding hydrogens is 470 g/mol. The van der Waals surface area contributed by atoms with E-state index >= 15 is 0 Å². The number of sulfonamides is 1. The van der Waals surface area contributed by atoms with E-state index in [0.717, 1.165) is 5.56 Å². The molecule has 2 aromatic carbocycles. The molecule has 3 rings (SSSR count). The summed E-state index contributed by atoms with van der Waals surface area (Å²) in [5.41, 5.74) is 7.06. The van der Waals surface area contributed by atoms with Crippen molar-refractivity contribution in [2.24, 2.45) is 5.92 Å². The first-order valence-corrected chi connectivity index (χ1v) is 13.2. The number of hydrogen-bond acceptors (Lipinski definition) is 7. The SMILES string of the molecule is CC(C)CN(CC(O)[C@H](Cc1ccccc1)NC(=O)O[C@H]1CCOC1)S(=O)(=O)c1ccc(N)cc1. The summed E-state index contributed by atoms with van der Waals surface area (Å²) in [7, 11) is -3.90. The van der Waals surface area contributed by atoms with Crippen LogP contribution in [-0.4, -0.2) is 68.5 Å². The summed E-state index contributed by atoms with van der Waals surface area (Å²) in [6.45, 7) is 4.67. The fourth-order valence-electron chi connectivity index (χ4n) is 3.90. The number of anilines is 1. The van der Waals surface area contributed by atoms with Gasteiger partial charge in [0.05, 0.1) is 30.3 Å². The second-order valence-corrected chi connectivity index (χ2v) is 11.1. The van der Waals surface area contributed by atoms with Gasteiger partial charge in [0.2, 0.25) is 10.0 Å². The van der Waals surface area contributed by atoms with Crippen LogP contribution in [0, 0.1) is 5.92 Å². The molecule has 0 bridgehead atoms. The maximum Gasteiger partial charge on any atom is 0.407 e. The zero-order valence-electron chi connectivity index (χ0n) is 20.2. The van der Waals surface area contributed by atoms with Crippen molar-refractivity contribution in [1.82, 2.24) is 9.62 Å². The molecule has 1 aliphatic rings. The van der Waals surface area contributed by atoms with Crippen LogP contribution in [0.3, 0.4) is 0 Å². The van der Waals surface area contributed by atoms with Crippen molar-refractivity contribution in [2.45, 2.75) is 49.8 Å². The van der Waals surface area contributed by atoms with E-state index in [-0.39, 0.29) is 30.0 Å². The molecule has 1 aliphatic heterocycles. The first kappa shape index (κ1) is 26.9. The first-order valence-electron chi connectivity index (χ1n) is 11.8. The molecule has 1 saturated heterocycles. The van der Waals surface area contributed by atoms with Gasteiger partial charge in [-0.15, -0.1) is 0 Å². The van der Waals surface area contributed by atoms with E-state index in [4.69, 9.17) is 15.2 Å². The number of nitrogens with zero attached hydrogens (tertiary/aromatic N) is 1. The molecule has 1 amide bonds. The minimum Gasteiger partial charge on any atom is -0.444 e. The van der Waals surface area contributed by atoms with Gasteiger partial charge in [0.25, 0.3) is 0 Å².